The maximum absolute atomic E-state index is 12.0. The van der Waals surface area contributed by atoms with Gasteiger partial charge in [-0.15, -0.1) is 0 Å². The third-order valence-electron chi connectivity index (χ3n) is 5.82. The number of fused-ring (bicyclic) bond motifs is 1. The smallest absolute Gasteiger partial charge is 0.336 e. The molecule has 2 N–H and O–H groups in total. The lowest BCUT2D eigenvalue weighted by Gasteiger charge is -2.10. The normalized spacial score (nSPS) is 10.3. The minimum atomic E-state index is -0.994. The average Bonchev–Trinajstić information content (AvgIpc) is 3.39. The number of carboxylic acid groups (broad SMARTS) is 1. The minimum absolute atomic E-state index is 0.211. The first-order valence-electron chi connectivity index (χ1n) is 11.3. The van der Waals surface area contributed by atoms with E-state index >= 15 is 0 Å². The molecule has 1 heterocycles. The minimum Gasteiger partial charge on any atom is -0.489 e. The highest BCUT2D eigenvalue weighted by Gasteiger charge is 2.15. The van der Waals surface area contributed by atoms with E-state index in [0.29, 0.717) is 29.0 Å². The third-order valence-corrected chi connectivity index (χ3v) is 5.82. The highest BCUT2D eigenvalue weighted by molar-refractivity contribution is 5.99. The first-order valence-corrected chi connectivity index (χ1v) is 11.3. The lowest BCUT2D eigenvalue weighted by Crippen LogP contribution is -2.01. The van der Waals surface area contributed by atoms with Crippen LogP contribution in [0.5, 0.6) is 5.75 Å². The predicted octanol–water partition coefficient (Wildman–Crippen LogP) is 6.38. The largest absolute Gasteiger partial charge is 0.489 e. The number of hydrogen-bond acceptors (Lipinski definition) is 3. The van der Waals surface area contributed by atoms with Gasteiger partial charge in [0.1, 0.15) is 12.4 Å². The molecular weight excluding hydrogens is 448 g/mol. The fourth-order valence-electron chi connectivity index (χ4n) is 3.97. The Bertz CT molecular complexity index is 1660. The Hall–Kier alpha value is -5.26. The van der Waals surface area contributed by atoms with Crippen molar-refractivity contribution >= 4 is 16.9 Å². The van der Waals surface area contributed by atoms with Crippen molar-refractivity contribution < 1.29 is 14.6 Å². The van der Waals surface area contributed by atoms with Gasteiger partial charge in [-0.05, 0) is 77.2 Å². The molecule has 0 unspecified atom stereocenters. The van der Waals surface area contributed by atoms with Crippen molar-refractivity contribution in [3.8, 4) is 34.8 Å². The van der Waals surface area contributed by atoms with E-state index in [9.17, 15) is 9.90 Å². The SMILES string of the molecule is N#Cc1ccc(OCc2ccc(C#Cc3cccc(C(=O)O)c3-c3ccc4cc[nH]c4c3)cc2)cc1. The van der Waals surface area contributed by atoms with E-state index in [1.165, 1.54) is 0 Å². The van der Waals surface area contributed by atoms with Gasteiger partial charge >= 0.3 is 5.97 Å². The van der Waals surface area contributed by atoms with Crippen LogP contribution in [0.15, 0.2) is 97.2 Å². The Labute approximate surface area is 208 Å². The molecule has 0 fully saturated rings. The number of H-pyrrole nitrogens is 1. The monoisotopic (exact) mass is 468 g/mol. The quantitative estimate of drug-likeness (QED) is 0.293. The van der Waals surface area contributed by atoms with Crippen LogP contribution in [0.1, 0.15) is 32.6 Å². The van der Waals surface area contributed by atoms with E-state index in [1.807, 2.05) is 60.8 Å². The molecule has 36 heavy (non-hydrogen) atoms. The number of nitriles is 1. The molecule has 0 aliphatic carbocycles. The number of carboxylic acids is 1. The Morgan fingerprint density at radius 3 is 2.42 bits per heavy atom. The molecule has 0 aliphatic heterocycles. The summed E-state index contributed by atoms with van der Waals surface area (Å²) in [5.41, 5.74) is 5.57. The Kier molecular flexibility index (Phi) is 6.21. The van der Waals surface area contributed by atoms with Crippen LogP contribution in [-0.2, 0) is 6.61 Å². The summed E-state index contributed by atoms with van der Waals surface area (Å²) >= 11 is 0. The fourth-order valence-corrected chi connectivity index (χ4v) is 3.97. The lowest BCUT2D eigenvalue weighted by atomic mass is 9.93. The number of aromatic nitrogens is 1. The van der Waals surface area contributed by atoms with E-state index in [2.05, 4.69) is 22.9 Å². The second-order valence-electron chi connectivity index (χ2n) is 8.18. The zero-order chi connectivity index (χ0) is 24.9. The molecule has 0 aliphatic rings. The Balaban J connectivity index is 1.39. The molecule has 4 aromatic carbocycles. The summed E-state index contributed by atoms with van der Waals surface area (Å²) in [6.07, 6.45) is 1.86. The molecule has 5 rings (SSSR count). The molecule has 0 bridgehead atoms. The van der Waals surface area contributed by atoms with Crippen LogP contribution in [-0.4, -0.2) is 16.1 Å². The van der Waals surface area contributed by atoms with Gasteiger partial charge in [0.15, 0.2) is 0 Å². The number of nitrogens with zero attached hydrogens (tertiary/aromatic N) is 1. The fraction of sp³-hybridized carbons (Fsp3) is 0.0323. The van der Waals surface area contributed by atoms with Gasteiger partial charge in [0.2, 0.25) is 0 Å². The summed E-state index contributed by atoms with van der Waals surface area (Å²) in [7, 11) is 0. The number of nitrogens with one attached hydrogen (secondary N) is 1. The summed E-state index contributed by atoms with van der Waals surface area (Å²) < 4.78 is 5.78. The summed E-state index contributed by atoms with van der Waals surface area (Å²) in [5.74, 6) is 6.04. The van der Waals surface area contributed by atoms with Gasteiger partial charge in [-0.25, -0.2) is 4.79 Å². The molecule has 0 spiro atoms. The first-order chi connectivity index (χ1) is 17.6. The van der Waals surface area contributed by atoms with Gasteiger partial charge in [0, 0.05) is 28.4 Å². The number of rotatable bonds is 5. The van der Waals surface area contributed by atoms with E-state index in [0.717, 1.165) is 27.6 Å². The zero-order valence-electron chi connectivity index (χ0n) is 19.2. The second-order valence-corrected chi connectivity index (χ2v) is 8.18. The van der Waals surface area contributed by atoms with E-state index in [-0.39, 0.29) is 5.56 Å². The van der Waals surface area contributed by atoms with Crippen molar-refractivity contribution in [2.24, 2.45) is 0 Å². The Morgan fingerprint density at radius 1 is 0.889 bits per heavy atom. The molecule has 172 valence electrons. The molecule has 0 saturated carbocycles. The maximum atomic E-state index is 12.0. The van der Waals surface area contributed by atoms with Crippen LogP contribution in [0.25, 0.3) is 22.0 Å². The van der Waals surface area contributed by atoms with E-state index < -0.39 is 5.97 Å². The average molecular weight is 469 g/mol. The number of hydrogen-bond donors (Lipinski definition) is 2. The van der Waals surface area contributed by atoms with Crippen molar-refractivity contribution in [1.29, 1.82) is 5.26 Å². The van der Waals surface area contributed by atoms with Crippen molar-refractivity contribution in [2.45, 2.75) is 6.61 Å². The number of benzene rings is 4. The molecule has 0 radical (unpaired) electrons. The molecule has 5 heteroatoms. The molecule has 1 aromatic heterocycles. The van der Waals surface area contributed by atoms with Gasteiger partial charge < -0.3 is 14.8 Å². The number of aromatic amines is 1. The predicted molar refractivity (Wildman–Crippen MR) is 139 cm³/mol. The van der Waals surface area contributed by atoms with Crippen molar-refractivity contribution in [1.82, 2.24) is 4.98 Å². The van der Waals surface area contributed by atoms with Gasteiger partial charge in [-0.2, -0.15) is 5.26 Å². The Morgan fingerprint density at radius 2 is 1.67 bits per heavy atom. The number of ether oxygens (including phenoxy) is 1. The molecule has 5 aromatic rings. The first kappa shape index (κ1) is 22.5. The number of aromatic carboxylic acids is 1. The van der Waals surface area contributed by atoms with E-state index in [1.54, 1.807) is 36.4 Å². The van der Waals surface area contributed by atoms with Crippen molar-refractivity contribution in [3.63, 3.8) is 0 Å². The van der Waals surface area contributed by atoms with Crippen LogP contribution < -0.4 is 4.74 Å². The highest BCUT2D eigenvalue weighted by Crippen LogP contribution is 2.30. The van der Waals surface area contributed by atoms with Gasteiger partial charge in [0.25, 0.3) is 0 Å². The second kappa shape index (κ2) is 9.93. The molecule has 0 saturated heterocycles. The molecule has 0 amide bonds. The van der Waals surface area contributed by atoms with Crippen molar-refractivity contribution in [2.75, 3.05) is 0 Å². The van der Waals surface area contributed by atoms with Crippen LogP contribution in [0.2, 0.25) is 0 Å². The summed E-state index contributed by atoms with van der Waals surface area (Å²) in [4.78, 5) is 15.2. The van der Waals surface area contributed by atoms with Crippen LogP contribution in [0.3, 0.4) is 0 Å². The summed E-state index contributed by atoms with van der Waals surface area (Å²) in [6, 6.07) is 29.8. The van der Waals surface area contributed by atoms with Gasteiger partial charge in [0.05, 0.1) is 17.2 Å². The summed E-state index contributed by atoms with van der Waals surface area (Å²) in [5, 5.41) is 19.8. The van der Waals surface area contributed by atoms with Gasteiger partial charge in [-0.3, -0.25) is 0 Å². The molecular formula is C31H20N2O3. The van der Waals surface area contributed by atoms with Crippen LogP contribution in [0.4, 0.5) is 0 Å². The molecule has 0 atom stereocenters. The van der Waals surface area contributed by atoms with E-state index in [4.69, 9.17) is 10.00 Å². The summed E-state index contributed by atoms with van der Waals surface area (Å²) in [6.45, 7) is 0.394. The van der Waals surface area contributed by atoms with Crippen LogP contribution in [0, 0.1) is 23.2 Å². The maximum Gasteiger partial charge on any atom is 0.336 e. The lowest BCUT2D eigenvalue weighted by molar-refractivity contribution is 0.0697. The highest BCUT2D eigenvalue weighted by atomic mass is 16.5. The zero-order valence-corrected chi connectivity index (χ0v) is 19.2. The van der Waals surface area contributed by atoms with Crippen LogP contribution >= 0.6 is 0 Å². The standard InChI is InChI=1S/C31H20N2O3/c32-19-22-9-14-27(15-10-22)36-20-23-6-4-21(5-7-23)8-11-25-2-1-3-28(31(34)35)30(25)26-13-12-24-16-17-33-29(24)18-26/h1-7,9-10,12-18,33H,20H2,(H,34,35). The van der Waals surface area contributed by atoms with Crippen molar-refractivity contribution in [3.05, 3.63) is 125 Å². The molecule has 5 nitrogen and oxygen atoms in total. The van der Waals surface area contributed by atoms with Gasteiger partial charge in [-0.1, -0.05) is 42.2 Å². The topological polar surface area (TPSA) is 86.1 Å². The third kappa shape index (κ3) is 4.82. The number of carbonyl (C=O) groups is 1.